The maximum atomic E-state index is 11.9. The summed E-state index contributed by atoms with van der Waals surface area (Å²) in [5.41, 5.74) is 5.65. The maximum absolute atomic E-state index is 11.9. The Balaban J connectivity index is 2.48. The molecule has 0 bridgehead atoms. The molecular weight excluding hydrogens is 282 g/mol. The van der Waals surface area contributed by atoms with Crippen molar-refractivity contribution in [2.45, 2.75) is 37.1 Å². The molecule has 0 saturated heterocycles. The van der Waals surface area contributed by atoms with E-state index < -0.39 is 9.84 Å². The van der Waals surface area contributed by atoms with Gasteiger partial charge >= 0.3 is 0 Å². The van der Waals surface area contributed by atoms with E-state index in [9.17, 15) is 8.42 Å². The van der Waals surface area contributed by atoms with Crippen molar-refractivity contribution in [2.24, 2.45) is 5.92 Å². The molecule has 7 heteroatoms. The van der Waals surface area contributed by atoms with Crippen LogP contribution < -0.4 is 11.1 Å². The summed E-state index contributed by atoms with van der Waals surface area (Å²) < 4.78 is 23.7. The highest BCUT2D eigenvalue weighted by Gasteiger charge is 2.39. The van der Waals surface area contributed by atoms with Gasteiger partial charge in [0.2, 0.25) is 0 Å². The third-order valence-corrected chi connectivity index (χ3v) is 5.73. The van der Waals surface area contributed by atoms with Crippen LogP contribution in [0, 0.1) is 17.2 Å². The molecule has 3 N–H and O–H groups in total. The zero-order valence-electron chi connectivity index (χ0n) is 11.1. The van der Waals surface area contributed by atoms with Crippen LogP contribution in [0.15, 0.2) is 4.90 Å². The van der Waals surface area contributed by atoms with Crippen LogP contribution in [0.25, 0.3) is 0 Å². The van der Waals surface area contributed by atoms with Gasteiger partial charge in [0.1, 0.15) is 20.8 Å². The predicted molar refractivity (Wildman–Crippen MR) is 77.0 cm³/mol. The highest BCUT2D eigenvalue weighted by molar-refractivity contribution is 7.91. The van der Waals surface area contributed by atoms with Gasteiger partial charge in [-0.2, -0.15) is 5.26 Å². The minimum Gasteiger partial charge on any atom is -0.396 e. The number of hydrogen-bond acceptors (Lipinski definition) is 6. The number of sulfone groups is 1. The molecule has 104 valence electrons. The zero-order chi connectivity index (χ0) is 14.4. The normalized spacial score (nSPS) is 16.1. The predicted octanol–water partition coefficient (Wildman–Crippen LogP) is 2.21. The van der Waals surface area contributed by atoms with E-state index in [2.05, 4.69) is 5.32 Å². The summed E-state index contributed by atoms with van der Waals surface area (Å²) in [6.45, 7) is 4.08. The summed E-state index contributed by atoms with van der Waals surface area (Å²) in [4.78, 5) is 0.303. The fraction of sp³-hybridized carbons (Fsp3) is 0.583. The first kappa shape index (κ1) is 14.2. The second-order valence-corrected chi connectivity index (χ2v) is 8.48. The molecule has 19 heavy (non-hydrogen) atoms. The second-order valence-electron chi connectivity index (χ2n) is 5.51. The minimum absolute atomic E-state index is 0.0581. The molecule has 1 fully saturated rings. The lowest BCUT2D eigenvalue weighted by Gasteiger charge is -2.27. The van der Waals surface area contributed by atoms with Gasteiger partial charge in [-0.3, -0.25) is 0 Å². The van der Waals surface area contributed by atoms with Crippen molar-refractivity contribution < 1.29 is 8.42 Å². The first-order chi connectivity index (χ1) is 8.66. The molecule has 5 nitrogen and oxygen atoms in total. The van der Waals surface area contributed by atoms with Crippen molar-refractivity contribution in [3.63, 3.8) is 0 Å². The molecule has 1 aliphatic rings. The average molecular weight is 299 g/mol. The van der Waals surface area contributed by atoms with Crippen molar-refractivity contribution in [2.75, 3.05) is 17.3 Å². The molecule has 1 heterocycles. The van der Waals surface area contributed by atoms with E-state index in [0.717, 1.165) is 30.4 Å². The highest BCUT2D eigenvalue weighted by Crippen LogP contribution is 2.45. The Morgan fingerprint density at radius 2 is 2.05 bits per heavy atom. The van der Waals surface area contributed by atoms with Crippen LogP contribution in [-0.4, -0.2) is 20.2 Å². The molecule has 0 spiro atoms. The molecule has 0 aromatic carbocycles. The van der Waals surface area contributed by atoms with Crippen LogP contribution in [0.3, 0.4) is 0 Å². The van der Waals surface area contributed by atoms with Gasteiger partial charge in [0, 0.05) is 11.8 Å². The molecule has 1 aliphatic carbocycles. The van der Waals surface area contributed by atoms with Crippen LogP contribution in [0.4, 0.5) is 10.7 Å². The van der Waals surface area contributed by atoms with Crippen molar-refractivity contribution in [1.82, 2.24) is 0 Å². The van der Waals surface area contributed by atoms with Gasteiger partial charge < -0.3 is 11.1 Å². The lowest BCUT2D eigenvalue weighted by molar-refractivity contribution is 0.494. The summed E-state index contributed by atoms with van der Waals surface area (Å²) in [5, 5.41) is 12.7. The molecular formula is C12H17N3O2S2. The second kappa shape index (κ2) is 4.39. The van der Waals surface area contributed by atoms with Gasteiger partial charge in [-0.05, 0) is 32.6 Å². The SMILES string of the molecule is CC(C)(Nc1sc(C#N)c(N)c1S(C)(=O)=O)C1CC1. The maximum Gasteiger partial charge on any atom is 0.180 e. The van der Waals surface area contributed by atoms with Crippen LogP contribution in [0.2, 0.25) is 0 Å². The lowest BCUT2D eigenvalue weighted by Crippen LogP contribution is -2.33. The quantitative estimate of drug-likeness (QED) is 0.888. The first-order valence-electron chi connectivity index (χ1n) is 5.97. The molecule has 1 saturated carbocycles. The van der Waals surface area contributed by atoms with Crippen molar-refractivity contribution in [3.05, 3.63) is 4.88 Å². The topological polar surface area (TPSA) is 96.0 Å². The first-order valence-corrected chi connectivity index (χ1v) is 8.68. The molecule has 0 radical (unpaired) electrons. The lowest BCUT2D eigenvalue weighted by atomic mass is 9.99. The number of rotatable bonds is 4. The van der Waals surface area contributed by atoms with Crippen molar-refractivity contribution in [3.8, 4) is 6.07 Å². The van der Waals surface area contributed by atoms with E-state index in [-0.39, 0.29) is 21.0 Å². The van der Waals surface area contributed by atoms with E-state index in [0.29, 0.717) is 10.9 Å². The number of hydrogen-bond donors (Lipinski definition) is 2. The smallest absolute Gasteiger partial charge is 0.180 e. The van der Waals surface area contributed by atoms with Crippen LogP contribution in [0.5, 0.6) is 0 Å². The van der Waals surface area contributed by atoms with E-state index in [4.69, 9.17) is 11.0 Å². The molecule has 0 atom stereocenters. The summed E-state index contributed by atoms with van der Waals surface area (Å²) in [5.74, 6) is 0.536. The van der Waals surface area contributed by atoms with Crippen molar-refractivity contribution >= 4 is 31.9 Å². The van der Waals surface area contributed by atoms with Gasteiger partial charge in [0.25, 0.3) is 0 Å². The number of nitrogens with two attached hydrogens (primary N) is 1. The van der Waals surface area contributed by atoms with E-state index >= 15 is 0 Å². The summed E-state index contributed by atoms with van der Waals surface area (Å²) in [6, 6.07) is 1.95. The van der Waals surface area contributed by atoms with Crippen molar-refractivity contribution in [1.29, 1.82) is 5.26 Å². The van der Waals surface area contributed by atoms with Crippen LogP contribution in [0.1, 0.15) is 31.6 Å². The Hall–Kier alpha value is -1.26. The highest BCUT2D eigenvalue weighted by atomic mass is 32.2. The van der Waals surface area contributed by atoms with Crippen LogP contribution >= 0.6 is 11.3 Å². The Morgan fingerprint density at radius 1 is 1.47 bits per heavy atom. The van der Waals surface area contributed by atoms with Gasteiger partial charge in [0.05, 0.1) is 5.69 Å². The number of thiophene rings is 1. The fourth-order valence-electron chi connectivity index (χ4n) is 2.16. The minimum atomic E-state index is -3.46. The number of nitrogen functional groups attached to an aromatic ring is 1. The third kappa shape index (κ3) is 2.69. The number of nitriles is 1. The number of anilines is 2. The number of nitrogens with zero attached hydrogens (tertiary/aromatic N) is 1. The average Bonchev–Trinajstić information content (AvgIpc) is 3.03. The summed E-state index contributed by atoms with van der Waals surface area (Å²) >= 11 is 1.11. The molecule has 0 aliphatic heterocycles. The van der Waals surface area contributed by atoms with E-state index in [1.54, 1.807) is 0 Å². The molecule has 1 aromatic heterocycles. The Kier molecular flexibility index (Phi) is 3.27. The van der Waals surface area contributed by atoms with E-state index in [1.165, 1.54) is 0 Å². The van der Waals surface area contributed by atoms with Gasteiger partial charge in [0.15, 0.2) is 9.84 Å². The molecule has 0 amide bonds. The Bertz CT molecular complexity index is 649. The summed E-state index contributed by atoms with van der Waals surface area (Å²) in [7, 11) is -3.46. The largest absolute Gasteiger partial charge is 0.396 e. The Labute approximate surface area is 117 Å². The van der Waals surface area contributed by atoms with Gasteiger partial charge in [-0.25, -0.2) is 8.42 Å². The monoisotopic (exact) mass is 299 g/mol. The van der Waals surface area contributed by atoms with E-state index in [1.807, 2.05) is 19.9 Å². The molecule has 2 rings (SSSR count). The Morgan fingerprint density at radius 3 is 2.47 bits per heavy atom. The van der Waals surface area contributed by atoms with Crippen LogP contribution in [-0.2, 0) is 9.84 Å². The fourth-order valence-corrected chi connectivity index (χ4v) is 4.67. The van der Waals surface area contributed by atoms with Gasteiger partial charge in [-0.15, -0.1) is 11.3 Å². The van der Waals surface area contributed by atoms with Gasteiger partial charge in [-0.1, -0.05) is 0 Å². The summed E-state index contributed by atoms with van der Waals surface area (Å²) in [6.07, 6.45) is 3.39. The molecule has 1 aromatic rings. The third-order valence-electron chi connectivity index (χ3n) is 3.41. The zero-order valence-corrected chi connectivity index (χ0v) is 12.8. The molecule has 0 unspecified atom stereocenters. The number of nitrogens with one attached hydrogen (secondary N) is 1. The standard InChI is InChI=1S/C12H17N3O2S2/c1-12(2,7-4-5-7)15-11-10(19(3,16)17)9(14)8(6-13)18-11/h7,15H,4-5,14H2,1-3H3.